The van der Waals surface area contributed by atoms with Crippen LogP contribution in [0.2, 0.25) is 0 Å². The van der Waals surface area contributed by atoms with Gasteiger partial charge in [-0.1, -0.05) is 13.2 Å². The van der Waals surface area contributed by atoms with Gasteiger partial charge >= 0.3 is 0 Å². The van der Waals surface area contributed by atoms with E-state index < -0.39 is 0 Å². The number of methoxy groups -OCH3 is 1. The van der Waals surface area contributed by atoms with E-state index in [4.69, 9.17) is 4.74 Å². The number of hydrogen-bond acceptors (Lipinski definition) is 3. The summed E-state index contributed by atoms with van der Waals surface area (Å²) in [7, 11) is 1.61. The van der Waals surface area contributed by atoms with Gasteiger partial charge in [0.05, 0.1) is 11.6 Å². The van der Waals surface area contributed by atoms with Crippen LogP contribution in [0, 0.1) is 0 Å². The van der Waals surface area contributed by atoms with Gasteiger partial charge in [0.1, 0.15) is 0 Å². The highest BCUT2D eigenvalue weighted by Gasteiger charge is 1.89. The standard InChI is InChI=1S/C6H11NOS/c1-5(4-8-3)7-6(2)9/h7,9H,1-2,4H2,3H3. The van der Waals surface area contributed by atoms with Gasteiger partial charge in [0.25, 0.3) is 0 Å². The van der Waals surface area contributed by atoms with Crippen molar-refractivity contribution in [3.05, 3.63) is 23.9 Å². The van der Waals surface area contributed by atoms with E-state index in [-0.39, 0.29) is 0 Å². The summed E-state index contributed by atoms with van der Waals surface area (Å²) in [6, 6.07) is 0. The van der Waals surface area contributed by atoms with Gasteiger partial charge in [0, 0.05) is 12.8 Å². The van der Waals surface area contributed by atoms with E-state index in [0.29, 0.717) is 11.6 Å². The second kappa shape index (κ2) is 4.47. The van der Waals surface area contributed by atoms with Crippen LogP contribution in [0.3, 0.4) is 0 Å². The highest BCUT2D eigenvalue weighted by atomic mass is 32.1. The van der Waals surface area contributed by atoms with Crippen molar-refractivity contribution in [2.75, 3.05) is 13.7 Å². The molecule has 52 valence electrons. The minimum absolute atomic E-state index is 0.486. The first-order chi connectivity index (χ1) is 4.16. The molecule has 2 nitrogen and oxygen atoms in total. The van der Waals surface area contributed by atoms with E-state index in [1.807, 2.05) is 0 Å². The second-order valence-corrected chi connectivity index (χ2v) is 2.15. The third kappa shape index (κ3) is 5.46. The van der Waals surface area contributed by atoms with Crippen LogP contribution < -0.4 is 5.32 Å². The maximum Gasteiger partial charge on any atom is 0.0856 e. The van der Waals surface area contributed by atoms with E-state index in [1.165, 1.54) is 0 Å². The van der Waals surface area contributed by atoms with E-state index in [0.717, 1.165) is 5.70 Å². The van der Waals surface area contributed by atoms with Gasteiger partial charge in [0.15, 0.2) is 0 Å². The fourth-order valence-electron chi connectivity index (χ4n) is 0.414. The van der Waals surface area contributed by atoms with Gasteiger partial charge in [-0.25, -0.2) is 0 Å². The lowest BCUT2D eigenvalue weighted by Gasteiger charge is -2.05. The molecule has 1 N–H and O–H groups in total. The van der Waals surface area contributed by atoms with Crippen molar-refractivity contribution >= 4 is 12.6 Å². The number of rotatable bonds is 4. The molecule has 0 amide bonds. The molecule has 9 heavy (non-hydrogen) atoms. The summed E-state index contributed by atoms with van der Waals surface area (Å²) in [6.07, 6.45) is 0. The van der Waals surface area contributed by atoms with E-state index in [9.17, 15) is 0 Å². The fourth-order valence-corrected chi connectivity index (χ4v) is 0.572. The number of ether oxygens (including phenoxy) is 1. The molecule has 0 unspecified atom stereocenters. The van der Waals surface area contributed by atoms with E-state index in [2.05, 4.69) is 31.1 Å². The third-order valence-electron chi connectivity index (χ3n) is 0.640. The Hall–Kier alpha value is -0.410. The van der Waals surface area contributed by atoms with Crippen LogP contribution >= 0.6 is 12.6 Å². The van der Waals surface area contributed by atoms with Crippen LogP contribution in [-0.2, 0) is 4.74 Å². The van der Waals surface area contributed by atoms with Gasteiger partial charge in [-0.3, -0.25) is 0 Å². The molecule has 0 spiro atoms. The Labute approximate surface area is 61.0 Å². The minimum Gasteiger partial charge on any atom is -0.379 e. The predicted octanol–water partition coefficient (Wildman–Crippen LogP) is 1.14. The Morgan fingerprint density at radius 3 is 2.56 bits per heavy atom. The topological polar surface area (TPSA) is 21.3 Å². The number of hydrogen-bond donors (Lipinski definition) is 2. The molecule has 0 saturated carbocycles. The van der Waals surface area contributed by atoms with Gasteiger partial charge in [-0.05, 0) is 0 Å². The molecule has 0 fully saturated rings. The molecule has 0 aromatic carbocycles. The Bertz CT molecular complexity index is 122. The van der Waals surface area contributed by atoms with Gasteiger partial charge in [-0.15, -0.1) is 12.6 Å². The van der Waals surface area contributed by atoms with E-state index >= 15 is 0 Å². The smallest absolute Gasteiger partial charge is 0.0856 e. The van der Waals surface area contributed by atoms with Crippen molar-refractivity contribution in [1.29, 1.82) is 0 Å². The maximum atomic E-state index is 4.77. The first-order valence-corrected chi connectivity index (χ1v) is 2.93. The molecule has 0 aliphatic rings. The van der Waals surface area contributed by atoms with Crippen molar-refractivity contribution in [3.63, 3.8) is 0 Å². The molecule has 0 bridgehead atoms. The van der Waals surface area contributed by atoms with Crippen molar-refractivity contribution in [3.8, 4) is 0 Å². The molecule has 0 aliphatic carbocycles. The zero-order valence-corrected chi connectivity index (χ0v) is 6.37. The first-order valence-electron chi connectivity index (χ1n) is 2.48. The molecule has 0 atom stereocenters. The molecule has 0 aromatic heterocycles. The Morgan fingerprint density at radius 1 is 1.67 bits per heavy atom. The lowest BCUT2D eigenvalue weighted by molar-refractivity contribution is 0.222. The average Bonchev–Trinajstić information content (AvgIpc) is 1.63. The average molecular weight is 145 g/mol. The molecule has 0 saturated heterocycles. The van der Waals surface area contributed by atoms with Crippen molar-refractivity contribution < 1.29 is 4.74 Å². The van der Waals surface area contributed by atoms with Crippen molar-refractivity contribution in [2.24, 2.45) is 0 Å². The van der Waals surface area contributed by atoms with Crippen LogP contribution in [0.5, 0.6) is 0 Å². The largest absolute Gasteiger partial charge is 0.379 e. The summed E-state index contributed by atoms with van der Waals surface area (Å²) < 4.78 is 4.77. The highest BCUT2D eigenvalue weighted by Crippen LogP contribution is 1.93. The molecule has 0 aliphatic heterocycles. The van der Waals surface area contributed by atoms with Crippen LogP contribution in [0.4, 0.5) is 0 Å². The molecule has 0 aromatic rings. The lowest BCUT2D eigenvalue weighted by Crippen LogP contribution is -2.11. The highest BCUT2D eigenvalue weighted by molar-refractivity contribution is 7.84. The molecular weight excluding hydrogens is 134 g/mol. The van der Waals surface area contributed by atoms with Gasteiger partial charge in [-0.2, -0.15) is 0 Å². The summed E-state index contributed by atoms with van der Waals surface area (Å²) in [6.45, 7) is 7.64. The number of nitrogens with one attached hydrogen (secondary N) is 1. The van der Waals surface area contributed by atoms with E-state index in [1.54, 1.807) is 7.11 Å². The zero-order valence-electron chi connectivity index (χ0n) is 5.48. The Morgan fingerprint density at radius 2 is 2.22 bits per heavy atom. The lowest BCUT2D eigenvalue weighted by atomic mass is 10.5. The Kier molecular flexibility index (Phi) is 4.26. The molecule has 0 rings (SSSR count). The molecule has 0 heterocycles. The van der Waals surface area contributed by atoms with Crippen molar-refractivity contribution in [1.82, 2.24) is 5.32 Å². The summed E-state index contributed by atoms with van der Waals surface area (Å²) in [5.41, 5.74) is 0.762. The van der Waals surface area contributed by atoms with Crippen molar-refractivity contribution in [2.45, 2.75) is 0 Å². The molecule has 0 radical (unpaired) electrons. The quantitative estimate of drug-likeness (QED) is 0.579. The summed E-state index contributed by atoms with van der Waals surface area (Å²) in [5.74, 6) is 0. The maximum absolute atomic E-state index is 4.77. The summed E-state index contributed by atoms with van der Waals surface area (Å²) >= 11 is 3.91. The normalized spacial score (nSPS) is 8.67. The fraction of sp³-hybridized carbons (Fsp3) is 0.333. The monoisotopic (exact) mass is 145 g/mol. The second-order valence-electron chi connectivity index (χ2n) is 1.61. The van der Waals surface area contributed by atoms with Gasteiger partial charge < -0.3 is 10.1 Å². The number of thiol groups is 1. The Balaban J connectivity index is 3.39. The van der Waals surface area contributed by atoms with Gasteiger partial charge in [0.2, 0.25) is 0 Å². The molecular formula is C6H11NOS. The minimum atomic E-state index is 0.486. The van der Waals surface area contributed by atoms with Crippen LogP contribution in [-0.4, -0.2) is 13.7 Å². The first kappa shape index (κ1) is 8.59. The van der Waals surface area contributed by atoms with Crippen LogP contribution in [0.15, 0.2) is 23.9 Å². The van der Waals surface area contributed by atoms with Crippen LogP contribution in [0.1, 0.15) is 0 Å². The van der Waals surface area contributed by atoms with Crippen LogP contribution in [0.25, 0.3) is 0 Å². The molecule has 3 heteroatoms. The summed E-state index contributed by atoms with van der Waals surface area (Å²) in [4.78, 5) is 0. The SMILES string of the molecule is C=C(S)NC(=C)COC. The predicted molar refractivity (Wildman–Crippen MR) is 42.3 cm³/mol. The zero-order chi connectivity index (χ0) is 7.28. The summed E-state index contributed by atoms with van der Waals surface area (Å²) in [5, 5.41) is 3.37. The third-order valence-corrected chi connectivity index (χ3v) is 0.751.